The first kappa shape index (κ1) is 12.5. The topological polar surface area (TPSA) is 60.2 Å². The van der Waals surface area contributed by atoms with E-state index in [1.54, 1.807) is 24.3 Å². The van der Waals surface area contributed by atoms with Crippen LogP contribution in [0.5, 0.6) is 0 Å². The van der Waals surface area contributed by atoms with Crippen molar-refractivity contribution < 1.29 is 9.00 Å². The van der Waals surface area contributed by atoms with Crippen LogP contribution in [0.25, 0.3) is 0 Å². The molecule has 94 valence electrons. The Morgan fingerprint density at radius 2 is 1.44 bits per heavy atom. The fourth-order valence-electron chi connectivity index (χ4n) is 1.81. The zero-order valence-corrected chi connectivity index (χ0v) is 10.7. The first-order valence-electron chi connectivity index (χ1n) is 5.61. The van der Waals surface area contributed by atoms with Gasteiger partial charge in [-0.3, -0.25) is 9.00 Å². The number of hydrogen-bond donors (Lipinski definition) is 2. The highest BCUT2D eigenvalue weighted by molar-refractivity contribution is 8.15. The number of carbonyl (C=O) groups is 1. The van der Waals surface area contributed by atoms with E-state index in [1.165, 1.54) is 0 Å². The number of primary amides is 1. The summed E-state index contributed by atoms with van der Waals surface area (Å²) in [6.45, 7) is 0. The van der Waals surface area contributed by atoms with E-state index in [4.69, 9.17) is 5.73 Å². The molecule has 2 N–H and O–H groups in total. The standard InChI is InChI=1S/C14H15NO2S/c15-14(16)18(17,13-9-5-2-6-10-13)11-12-7-3-1-4-8-12/h1-10,18H,11H2,(H2,15,16). The molecule has 0 aliphatic carbocycles. The molecule has 0 aliphatic heterocycles. The van der Waals surface area contributed by atoms with Crippen molar-refractivity contribution in [3.63, 3.8) is 0 Å². The highest BCUT2D eigenvalue weighted by atomic mass is 32.2. The summed E-state index contributed by atoms with van der Waals surface area (Å²) in [6, 6.07) is 18.0. The molecule has 2 rings (SSSR count). The lowest BCUT2D eigenvalue weighted by Crippen LogP contribution is -2.31. The van der Waals surface area contributed by atoms with E-state index >= 15 is 0 Å². The minimum Gasteiger partial charge on any atom is -0.360 e. The van der Waals surface area contributed by atoms with Gasteiger partial charge in [-0.05, 0) is 27.6 Å². The Kier molecular flexibility index (Phi) is 3.58. The molecule has 0 saturated heterocycles. The van der Waals surface area contributed by atoms with E-state index in [0.717, 1.165) is 5.56 Å². The Bertz CT molecular complexity index is 581. The molecular weight excluding hydrogens is 246 g/mol. The molecule has 0 saturated carbocycles. The van der Waals surface area contributed by atoms with E-state index in [1.807, 2.05) is 36.4 Å². The van der Waals surface area contributed by atoms with Crippen molar-refractivity contribution >= 4 is 15.2 Å². The molecule has 4 heteroatoms. The van der Waals surface area contributed by atoms with Crippen molar-refractivity contribution in [2.75, 3.05) is 0 Å². The van der Waals surface area contributed by atoms with Crippen molar-refractivity contribution in [1.29, 1.82) is 0 Å². The van der Waals surface area contributed by atoms with Gasteiger partial charge in [0.2, 0.25) is 0 Å². The number of rotatable bonds is 3. The van der Waals surface area contributed by atoms with Crippen LogP contribution in [0, 0.1) is 0 Å². The maximum atomic E-state index is 12.8. The Morgan fingerprint density at radius 3 is 1.94 bits per heavy atom. The minimum absolute atomic E-state index is 0.174. The third kappa shape index (κ3) is 2.49. The van der Waals surface area contributed by atoms with E-state index in [0.29, 0.717) is 4.90 Å². The molecular formula is C14H15NO2S. The predicted molar refractivity (Wildman–Crippen MR) is 74.0 cm³/mol. The monoisotopic (exact) mass is 261 g/mol. The van der Waals surface area contributed by atoms with E-state index in [9.17, 15) is 9.00 Å². The van der Waals surface area contributed by atoms with Crippen molar-refractivity contribution in [3.8, 4) is 0 Å². The number of amides is 1. The van der Waals surface area contributed by atoms with Crippen LogP contribution in [-0.4, -0.2) is 9.45 Å². The lowest BCUT2D eigenvalue weighted by molar-refractivity contribution is 0.265. The van der Waals surface area contributed by atoms with E-state index in [-0.39, 0.29) is 5.75 Å². The fourth-order valence-corrected chi connectivity index (χ4v) is 3.78. The molecule has 3 nitrogen and oxygen atoms in total. The molecule has 2 aromatic rings. The van der Waals surface area contributed by atoms with Crippen molar-refractivity contribution in [1.82, 2.24) is 0 Å². The Balaban J connectivity index is 2.41. The highest BCUT2D eigenvalue weighted by Gasteiger charge is 2.24. The Morgan fingerprint density at radius 1 is 0.944 bits per heavy atom. The summed E-state index contributed by atoms with van der Waals surface area (Å²) in [7, 11) is -3.23. The molecule has 0 bridgehead atoms. The molecule has 0 aromatic heterocycles. The fraction of sp³-hybridized carbons (Fsp3) is 0.0714. The van der Waals surface area contributed by atoms with Gasteiger partial charge in [-0.15, -0.1) is 0 Å². The largest absolute Gasteiger partial charge is 0.360 e. The second-order valence-corrected chi connectivity index (χ2v) is 6.81. The third-order valence-electron chi connectivity index (χ3n) is 2.78. The van der Waals surface area contributed by atoms with Gasteiger partial charge in [0.05, 0.1) is 0 Å². The first-order valence-corrected chi connectivity index (χ1v) is 7.51. The summed E-state index contributed by atoms with van der Waals surface area (Å²) in [4.78, 5) is 12.1. The smallest absolute Gasteiger partial charge is 0.287 e. The molecule has 1 amide bonds. The van der Waals surface area contributed by atoms with Gasteiger partial charge in [-0.25, -0.2) is 0 Å². The third-order valence-corrected chi connectivity index (χ3v) is 5.43. The van der Waals surface area contributed by atoms with Crippen LogP contribution in [-0.2, 0) is 15.7 Å². The number of nitrogens with two attached hydrogens (primary N) is 1. The average molecular weight is 261 g/mol. The lowest BCUT2D eigenvalue weighted by atomic mass is 10.2. The second-order valence-electron chi connectivity index (χ2n) is 4.06. The summed E-state index contributed by atoms with van der Waals surface area (Å²) in [6.07, 6.45) is 0. The van der Waals surface area contributed by atoms with Gasteiger partial charge < -0.3 is 5.73 Å². The van der Waals surface area contributed by atoms with E-state index < -0.39 is 15.2 Å². The zero-order chi connectivity index (χ0) is 13.0. The van der Waals surface area contributed by atoms with Crippen LogP contribution >= 0.6 is 0 Å². The summed E-state index contributed by atoms with van der Waals surface area (Å²) in [5.74, 6) is 0.174. The van der Waals surface area contributed by atoms with Crippen LogP contribution in [0.4, 0.5) is 4.79 Å². The summed E-state index contributed by atoms with van der Waals surface area (Å²) >= 11 is 0. The number of benzene rings is 2. The SMILES string of the molecule is NC(=O)[SH](=O)(Cc1ccccc1)c1ccccc1. The van der Waals surface area contributed by atoms with Gasteiger partial charge in [0.1, 0.15) is 0 Å². The second kappa shape index (κ2) is 5.14. The highest BCUT2D eigenvalue weighted by Crippen LogP contribution is 2.23. The van der Waals surface area contributed by atoms with Crippen LogP contribution in [0.15, 0.2) is 65.6 Å². The molecule has 0 radical (unpaired) electrons. The van der Waals surface area contributed by atoms with E-state index in [2.05, 4.69) is 0 Å². The number of hydrogen-bond acceptors (Lipinski definition) is 2. The quantitative estimate of drug-likeness (QED) is 0.833. The van der Waals surface area contributed by atoms with Crippen molar-refractivity contribution in [2.45, 2.75) is 10.6 Å². The van der Waals surface area contributed by atoms with Gasteiger partial charge in [0, 0.05) is 10.6 Å². The van der Waals surface area contributed by atoms with Gasteiger partial charge >= 0.3 is 0 Å². The molecule has 0 atom stereocenters. The molecule has 0 aliphatic rings. The molecule has 0 spiro atoms. The van der Waals surface area contributed by atoms with Gasteiger partial charge in [0.15, 0.2) is 0 Å². The zero-order valence-electron chi connectivity index (χ0n) is 9.82. The van der Waals surface area contributed by atoms with Crippen LogP contribution < -0.4 is 5.73 Å². The summed E-state index contributed by atoms with van der Waals surface area (Å²) in [5, 5.41) is -0.738. The van der Waals surface area contributed by atoms with Crippen molar-refractivity contribution in [2.24, 2.45) is 5.73 Å². The normalized spacial score (nSPS) is 12.0. The minimum atomic E-state index is -3.23. The molecule has 2 aromatic carbocycles. The van der Waals surface area contributed by atoms with Gasteiger partial charge in [-0.1, -0.05) is 48.5 Å². The van der Waals surface area contributed by atoms with Crippen molar-refractivity contribution in [3.05, 3.63) is 66.2 Å². The van der Waals surface area contributed by atoms with Crippen LogP contribution in [0.1, 0.15) is 5.56 Å². The molecule has 0 unspecified atom stereocenters. The van der Waals surface area contributed by atoms with Crippen LogP contribution in [0.2, 0.25) is 0 Å². The number of thiol groups is 1. The molecule has 0 heterocycles. The maximum absolute atomic E-state index is 12.8. The molecule has 18 heavy (non-hydrogen) atoms. The first-order chi connectivity index (χ1) is 8.63. The summed E-state index contributed by atoms with van der Waals surface area (Å²) in [5.41, 5.74) is 6.20. The summed E-state index contributed by atoms with van der Waals surface area (Å²) < 4.78 is 12.8. The Labute approximate surface area is 107 Å². The Hall–Kier alpha value is -1.94. The van der Waals surface area contributed by atoms with Gasteiger partial charge in [0.25, 0.3) is 5.24 Å². The molecule has 0 fully saturated rings. The average Bonchev–Trinajstić information content (AvgIpc) is 2.40. The van der Waals surface area contributed by atoms with Gasteiger partial charge in [-0.2, -0.15) is 0 Å². The van der Waals surface area contributed by atoms with Crippen LogP contribution in [0.3, 0.4) is 0 Å². The maximum Gasteiger partial charge on any atom is 0.287 e. The predicted octanol–water partition coefficient (Wildman–Crippen LogP) is 2.34. The number of carbonyl (C=O) groups excluding carboxylic acids is 1. The lowest BCUT2D eigenvalue weighted by Gasteiger charge is -2.20.